The quantitative estimate of drug-likeness (QED) is 0.361. The van der Waals surface area contributed by atoms with Crippen molar-refractivity contribution in [3.05, 3.63) is 59.6 Å². The highest BCUT2D eigenvalue weighted by atomic mass is 32.2. The Labute approximate surface area is 181 Å². The predicted octanol–water partition coefficient (Wildman–Crippen LogP) is 3.86. The Morgan fingerprint density at radius 3 is 2.73 bits per heavy atom. The molecule has 8 nitrogen and oxygen atoms in total. The number of aromatic amines is 1. The van der Waals surface area contributed by atoms with Crippen molar-refractivity contribution in [1.82, 2.24) is 15.0 Å². The van der Waals surface area contributed by atoms with Crippen molar-refractivity contribution < 1.29 is 13.2 Å². The summed E-state index contributed by atoms with van der Waals surface area (Å²) in [5.74, 6) is -0.0436. The van der Waals surface area contributed by atoms with Gasteiger partial charge in [-0.2, -0.15) is 0 Å². The normalized spacial score (nSPS) is 11.5. The van der Waals surface area contributed by atoms with Crippen molar-refractivity contribution >= 4 is 60.9 Å². The number of nitrogens with one attached hydrogen (secondary N) is 3. The lowest BCUT2D eigenvalue weighted by molar-refractivity contribution is -0.113. The van der Waals surface area contributed by atoms with Gasteiger partial charge in [-0.15, -0.1) is 11.3 Å². The van der Waals surface area contributed by atoms with E-state index in [4.69, 9.17) is 0 Å². The van der Waals surface area contributed by atoms with Gasteiger partial charge in [-0.25, -0.2) is 18.4 Å². The average molecular weight is 460 g/mol. The van der Waals surface area contributed by atoms with Gasteiger partial charge in [0.05, 0.1) is 21.7 Å². The molecule has 2 aromatic heterocycles. The molecular weight excluding hydrogens is 442 g/mol. The van der Waals surface area contributed by atoms with Crippen molar-refractivity contribution in [2.75, 3.05) is 15.8 Å². The summed E-state index contributed by atoms with van der Waals surface area (Å²) < 4.78 is 27.1. The molecule has 4 aromatic rings. The van der Waals surface area contributed by atoms with E-state index in [1.807, 2.05) is 25.1 Å². The fourth-order valence-electron chi connectivity index (χ4n) is 2.66. The number of thiazole rings is 1. The van der Waals surface area contributed by atoms with Gasteiger partial charge in [-0.1, -0.05) is 17.8 Å². The SMILES string of the molecule is Cc1ccc2nc(SCC(=O)Nc3ccc(S(=O)(=O)Nc4nccs4)cc3)[nH]c2c1. The highest BCUT2D eigenvalue weighted by molar-refractivity contribution is 7.99. The minimum atomic E-state index is -3.72. The van der Waals surface area contributed by atoms with Crippen molar-refractivity contribution in [3.8, 4) is 0 Å². The van der Waals surface area contributed by atoms with Crippen LogP contribution >= 0.6 is 23.1 Å². The average Bonchev–Trinajstić information content (AvgIpc) is 3.35. The first kappa shape index (κ1) is 20.4. The number of aryl methyl sites for hydroxylation is 1. The number of hydrogen-bond acceptors (Lipinski definition) is 7. The van der Waals surface area contributed by atoms with Crippen LogP contribution in [0.15, 0.2) is 64.1 Å². The van der Waals surface area contributed by atoms with Gasteiger partial charge in [-0.3, -0.25) is 9.52 Å². The van der Waals surface area contributed by atoms with Gasteiger partial charge in [0.1, 0.15) is 0 Å². The summed E-state index contributed by atoms with van der Waals surface area (Å²) in [7, 11) is -3.72. The number of carbonyl (C=O) groups excluding carboxylic acids is 1. The number of H-pyrrole nitrogens is 1. The zero-order valence-corrected chi connectivity index (χ0v) is 18.2. The van der Waals surface area contributed by atoms with E-state index in [9.17, 15) is 13.2 Å². The van der Waals surface area contributed by atoms with Crippen molar-refractivity contribution in [3.63, 3.8) is 0 Å². The number of hydrogen-bond donors (Lipinski definition) is 3. The van der Waals surface area contributed by atoms with E-state index in [0.717, 1.165) is 16.6 Å². The Morgan fingerprint density at radius 2 is 2.00 bits per heavy atom. The van der Waals surface area contributed by atoms with Gasteiger partial charge in [0.25, 0.3) is 10.0 Å². The molecule has 0 bridgehead atoms. The number of aromatic nitrogens is 3. The molecule has 2 aromatic carbocycles. The van der Waals surface area contributed by atoms with E-state index in [-0.39, 0.29) is 16.6 Å². The molecule has 0 saturated heterocycles. The van der Waals surface area contributed by atoms with E-state index in [2.05, 4.69) is 25.0 Å². The van der Waals surface area contributed by atoms with Crippen LogP contribution in [0.2, 0.25) is 0 Å². The Bertz CT molecular complexity index is 1280. The zero-order chi connectivity index (χ0) is 21.1. The molecule has 1 amide bonds. The largest absolute Gasteiger partial charge is 0.333 e. The van der Waals surface area contributed by atoms with E-state index >= 15 is 0 Å². The molecule has 0 spiro atoms. The van der Waals surface area contributed by atoms with Crippen molar-refractivity contribution in [2.24, 2.45) is 0 Å². The Kier molecular flexibility index (Phi) is 5.75. The van der Waals surface area contributed by atoms with Gasteiger partial charge >= 0.3 is 0 Å². The maximum absolute atomic E-state index is 12.3. The lowest BCUT2D eigenvalue weighted by atomic mass is 10.2. The van der Waals surface area contributed by atoms with Gasteiger partial charge in [0, 0.05) is 17.3 Å². The maximum atomic E-state index is 12.3. The molecule has 3 N–H and O–H groups in total. The van der Waals surface area contributed by atoms with Gasteiger partial charge in [0.15, 0.2) is 10.3 Å². The summed E-state index contributed by atoms with van der Waals surface area (Å²) in [6, 6.07) is 11.9. The van der Waals surface area contributed by atoms with Crippen molar-refractivity contribution in [1.29, 1.82) is 0 Å². The number of benzene rings is 2. The summed E-state index contributed by atoms with van der Waals surface area (Å²) in [6.45, 7) is 2.01. The number of amides is 1. The number of nitrogens with zero attached hydrogens (tertiary/aromatic N) is 2. The van der Waals surface area contributed by atoms with Crippen LogP contribution in [0.3, 0.4) is 0 Å². The zero-order valence-electron chi connectivity index (χ0n) is 15.7. The van der Waals surface area contributed by atoms with Crippen LogP contribution in [0, 0.1) is 6.92 Å². The summed E-state index contributed by atoms with van der Waals surface area (Å²) in [5.41, 5.74) is 3.43. The molecule has 0 aliphatic rings. The summed E-state index contributed by atoms with van der Waals surface area (Å²) >= 11 is 2.49. The number of anilines is 2. The van der Waals surface area contributed by atoms with Gasteiger partial charge in [0.2, 0.25) is 5.91 Å². The second-order valence-electron chi connectivity index (χ2n) is 6.37. The molecule has 2 heterocycles. The van der Waals surface area contributed by atoms with Crippen LogP contribution in [-0.2, 0) is 14.8 Å². The van der Waals surface area contributed by atoms with E-state index < -0.39 is 10.0 Å². The summed E-state index contributed by atoms with van der Waals surface area (Å²) in [4.78, 5) is 23.9. The molecule has 0 aliphatic carbocycles. The third-order valence-electron chi connectivity index (χ3n) is 4.06. The molecule has 11 heteroatoms. The highest BCUT2D eigenvalue weighted by Crippen LogP contribution is 2.22. The molecule has 30 heavy (non-hydrogen) atoms. The number of sulfonamides is 1. The number of fused-ring (bicyclic) bond motifs is 1. The molecule has 0 radical (unpaired) electrons. The standard InChI is InChI=1S/C19H17N5O3S3/c1-12-2-7-15-16(10-12)23-19(22-15)29-11-17(25)21-13-3-5-14(6-4-13)30(26,27)24-18-20-8-9-28-18/h2-10H,11H2,1H3,(H,20,24)(H,21,25)(H,22,23). The van der Waals surface area contributed by atoms with Gasteiger partial charge in [-0.05, 0) is 48.9 Å². The van der Waals surface area contributed by atoms with E-state index in [1.165, 1.54) is 41.4 Å². The molecule has 0 fully saturated rings. The first-order chi connectivity index (χ1) is 14.4. The first-order valence-corrected chi connectivity index (χ1v) is 12.2. The predicted molar refractivity (Wildman–Crippen MR) is 120 cm³/mol. The third-order valence-corrected chi connectivity index (χ3v) is 7.10. The Balaban J connectivity index is 1.35. The molecule has 0 aliphatic heterocycles. The van der Waals surface area contributed by atoms with Crippen LogP contribution in [0.4, 0.5) is 10.8 Å². The number of rotatable bonds is 7. The van der Waals surface area contributed by atoms with Crippen LogP contribution in [0.5, 0.6) is 0 Å². The van der Waals surface area contributed by atoms with Crippen LogP contribution in [0.1, 0.15) is 5.56 Å². The number of thioether (sulfide) groups is 1. The smallest absolute Gasteiger partial charge is 0.263 e. The van der Waals surface area contributed by atoms with Crippen LogP contribution in [0.25, 0.3) is 11.0 Å². The van der Waals surface area contributed by atoms with Crippen LogP contribution < -0.4 is 10.0 Å². The molecule has 0 atom stereocenters. The molecule has 0 unspecified atom stereocenters. The van der Waals surface area contributed by atoms with Gasteiger partial charge < -0.3 is 10.3 Å². The fourth-order valence-corrected chi connectivity index (χ4v) is 5.14. The third kappa shape index (κ3) is 4.81. The monoisotopic (exact) mass is 459 g/mol. The number of carbonyl (C=O) groups is 1. The Morgan fingerprint density at radius 1 is 1.20 bits per heavy atom. The topological polar surface area (TPSA) is 117 Å². The maximum Gasteiger partial charge on any atom is 0.263 e. The van der Waals surface area contributed by atoms with E-state index in [1.54, 1.807) is 17.5 Å². The minimum absolute atomic E-state index is 0.0858. The molecule has 4 rings (SSSR count). The first-order valence-electron chi connectivity index (χ1n) is 8.80. The second kappa shape index (κ2) is 8.46. The van der Waals surface area contributed by atoms with Crippen LogP contribution in [-0.4, -0.2) is 35.0 Å². The summed E-state index contributed by atoms with van der Waals surface area (Å²) in [6.07, 6.45) is 1.52. The highest BCUT2D eigenvalue weighted by Gasteiger charge is 2.15. The lowest BCUT2D eigenvalue weighted by Gasteiger charge is -2.07. The second-order valence-corrected chi connectivity index (χ2v) is 9.91. The Hall–Kier alpha value is -2.89. The fraction of sp³-hybridized carbons (Fsp3) is 0.105. The summed E-state index contributed by atoms with van der Waals surface area (Å²) in [5, 5.41) is 5.40. The molecule has 154 valence electrons. The lowest BCUT2D eigenvalue weighted by Crippen LogP contribution is -2.15. The molecule has 0 saturated carbocycles. The van der Waals surface area contributed by atoms with E-state index in [0.29, 0.717) is 16.0 Å². The molecular formula is C19H17N5O3S3. The minimum Gasteiger partial charge on any atom is -0.333 e. The number of imidazole rings is 1. The van der Waals surface area contributed by atoms with Crippen molar-refractivity contribution in [2.45, 2.75) is 17.0 Å².